The standard InChI is InChI=1S/C14H17NO3/c1-10-5-7-12(8-6-10)18-11(2)14(17)15-9-3-4-13(15)16/h5-8,11H,3-4,9H2,1-2H3/t11-/m0/s1. The van der Waals surface area contributed by atoms with Crippen molar-refractivity contribution in [2.45, 2.75) is 32.8 Å². The van der Waals surface area contributed by atoms with Gasteiger partial charge in [-0.1, -0.05) is 17.7 Å². The summed E-state index contributed by atoms with van der Waals surface area (Å²) >= 11 is 0. The summed E-state index contributed by atoms with van der Waals surface area (Å²) in [6.45, 7) is 4.17. The Morgan fingerprint density at radius 2 is 2.00 bits per heavy atom. The third-order valence-corrected chi connectivity index (χ3v) is 3.02. The number of aryl methyl sites for hydroxylation is 1. The molecule has 18 heavy (non-hydrogen) atoms. The topological polar surface area (TPSA) is 46.6 Å². The minimum absolute atomic E-state index is 0.0978. The minimum atomic E-state index is -0.630. The van der Waals surface area contributed by atoms with Gasteiger partial charge in [0.25, 0.3) is 5.91 Å². The minimum Gasteiger partial charge on any atom is -0.481 e. The fraction of sp³-hybridized carbons (Fsp3) is 0.429. The van der Waals surface area contributed by atoms with Gasteiger partial charge in [-0.2, -0.15) is 0 Å². The van der Waals surface area contributed by atoms with Crippen LogP contribution in [0.1, 0.15) is 25.3 Å². The van der Waals surface area contributed by atoms with E-state index in [-0.39, 0.29) is 11.8 Å². The molecule has 1 aromatic carbocycles. The third kappa shape index (κ3) is 2.70. The molecule has 1 aliphatic rings. The van der Waals surface area contributed by atoms with E-state index in [0.29, 0.717) is 18.7 Å². The quantitative estimate of drug-likeness (QED) is 0.819. The average molecular weight is 247 g/mol. The van der Waals surface area contributed by atoms with E-state index >= 15 is 0 Å². The zero-order valence-electron chi connectivity index (χ0n) is 10.7. The van der Waals surface area contributed by atoms with Crippen molar-refractivity contribution in [3.05, 3.63) is 29.8 Å². The number of carbonyl (C=O) groups is 2. The number of rotatable bonds is 3. The second-order valence-corrected chi connectivity index (χ2v) is 4.56. The number of likely N-dealkylation sites (tertiary alicyclic amines) is 1. The van der Waals surface area contributed by atoms with Gasteiger partial charge in [0, 0.05) is 13.0 Å². The average Bonchev–Trinajstić information content (AvgIpc) is 2.77. The molecule has 4 heteroatoms. The normalized spacial score (nSPS) is 16.8. The number of ether oxygens (including phenoxy) is 1. The molecule has 0 spiro atoms. The number of amides is 2. The highest BCUT2D eigenvalue weighted by Gasteiger charge is 2.30. The van der Waals surface area contributed by atoms with Gasteiger partial charge in [0.05, 0.1) is 0 Å². The highest BCUT2D eigenvalue weighted by molar-refractivity contribution is 5.98. The summed E-state index contributed by atoms with van der Waals surface area (Å²) in [5.41, 5.74) is 1.14. The molecule has 1 atom stereocenters. The van der Waals surface area contributed by atoms with Gasteiger partial charge in [-0.05, 0) is 32.4 Å². The highest BCUT2D eigenvalue weighted by atomic mass is 16.5. The van der Waals surface area contributed by atoms with Crippen molar-refractivity contribution in [2.24, 2.45) is 0 Å². The molecule has 0 saturated carbocycles. The Labute approximate surface area is 107 Å². The number of nitrogens with zero attached hydrogens (tertiary/aromatic N) is 1. The van der Waals surface area contributed by atoms with Crippen LogP contribution in [0.3, 0.4) is 0 Å². The largest absolute Gasteiger partial charge is 0.481 e. The summed E-state index contributed by atoms with van der Waals surface area (Å²) < 4.78 is 5.55. The lowest BCUT2D eigenvalue weighted by Crippen LogP contribution is -2.41. The predicted molar refractivity (Wildman–Crippen MR) is 67.2 cm³/mol. The molecule has 1 saturated heterocycles. The second kappa shape index (κ2) is 5.21. The first-order valence-electron chi connectivity index (χ1n) is 6.15. The first kappa shape index (κ1) is 12.6. The van der Waals surface area contributed by atoms with Gasteiger partial charge in [0.1, 0.15) is 5.75 Å². The van der Waals surface area contributed by atoms with Crippen molar-refractivity contribution < 1.29 is 14.3 Å². The van der Waals surface area contributed by atoms with Crippen molar-refractivity contribution in [3.8, 4) is 5.75 Å². The van der Waals surface area contributed by atoms with Gasteiger partial charge < -0.3 is 4.74 Å². The smallest absolute Gasteiger partial charge is 0.269 e. The van der Waals surface area contributed by atoms with Crippen LogP contribution in [0.4, 0.5) is 0 Å². The first-order chi connectivity index (χ1) is 8.58. The maximum absolute atomic E-state index is 12.0. The lowest BCUT2D eigenvalue weighted by Gasteiger charge is -2.19. The summed E-state index contributed by atoms with van der Waals surface area (Å²) in [4.78, 5) is 24.8. The number of hydrogen-bond donors (Lipinski definition) is 0. The Morgan fingerprint density at radius 3 is 2.56 bits per heavy atom. The molecule has 1 heterocycles. The molecule has 0 aromatic heterocycles. The zero-order valence-corrected chi connectivity index (χ0v) is 10.7. The second-order valence-electron chi connectivity index (χ2n) is 4.56. The Kier molecular flexibility index (Phi) is 3.65. The molecule has 4 nitrogen and oxygen atoms in total. The van der Waals surface area contributed by atoms with E-state index in [1.807, 2.05) is 31.2 Å². The van der Waals surface area contributed by atoms with Crippen molar-refractivity contribution in [2.75, 3.05) is 6.54 Å². The van der Waals surface area contributed by atoms with Crippen LogP contribution in [0.25, 0.3) is 0 Å². The van der Waals surface area contributed by atoms with Crippen molar-refractivity contribution in [1.82, 2.24) is 4.90 Å². The van der Waals surface area contributed by atoms with Crippen LogP contribution < -0.4 is 4.74 Å². The van der Waals surface area contributed by atoms with Crippen LogP contribution in [0.5, 0.6) is 5.75 Å². The van der Waals surface area contributed by atoms with Crippen molar-refractivity contribution >= 4 is 11.8 Å². The molecular formula is C14H17NO3. The maximum atomic E-state index is 12.0. The molecule has 2 amide bonds. The summed E-state index contributed by atoms with van der Waals surface area (Å²) in [5.74, 6) is 0.297. The molecule has 0 unspecified atom stereocenters. The van der Waals surface area contributed by atoms with Crippen LogP contribution in [0.2, 0.25) is 0 Å². The predicted octanol–water partition coefficient (Wildman–Crippen LogP) is 1.91. The molecule has 0 N–H and O–H groups in total. The summed E-state index contributed by atoms with van der Waals surface area (Å²) in [5, 5.41) is 0. The van der Waals surface area contributed by atoms with E-state index in [2.05, 4.69) is 0 Å². The van der Waals surface area contributed by atoms with E-state index in [4.69, 9.17) is 4.74 Å². The molecule has 96 valence electrons. The molecule has 1 fully saturated rings. The number of imide groups is 1. The maximum Gasteiger partial charge on any atom is 0.269 e. The van der Waals surface area contributed by atoms with E-state index in [9.17, 15) is 9.59 Å². The number of carbonyl (C=O) groups excluding carboxylic acids is 2. The SMILES string of the molecule is Cc1ccc(O[C@@H](C)C(=O)N2CCCC2=O)cc1. The summed E-state index contributed by atoms with van der Waals surface area (Å²) in [6.07, 6.45) is 0.583. The molecule has 0 radical (unpaired) electrons. The van der Waals surface area contributed by atoms with Gasteiger partial charge in [-0.3, -0.25) is 14.5 Å². The zero-order chi connectivity index (χ0) is 13.1. The molecule has 0 aliphatic carbocycles. The van der Waals surface area contributed by atoms with E-state index in [1.165, 1.54) is 4.90 Å². The Bertz CT molecular complexity index is 453. The Balaban J connectivity index is 1.99. The third-order valence-electron chi connectivity index (χ3n) is 3.02. The van der Waals surface area contributed by atoms with Crippen molar-refractivity contribution in [3.63, 3.8) is 0 Å². The molecule has 1 aromatic rings. The summed E-state index contributed by atoms with van der Waals surface area (Å²) in [6, 6.07) is 7.50. The molecule has 2 rings (SSSR count). The van der Waals surface area contributed by atoms with Crippen LogP contribution in [0.15, 0.2) is 24.3 Å². The monoisotopic (exact) mass is 247 g/mol. The van der Waals surface area contributed by atoms with Crippen LogP contribution in [-0.4, -0.2) is 29.4 Å². The fourth-order valence-electron chi connectivity index (χ4n) is 1.97. The Morgan fingerprint density at radius 1 is 1.33 bits per heavy atom. The lowest BCUT2D eigenvalue weighted by atomic mass is 10.2. The van der Waals surface area contributed by atoms with E-state index in [0.717, 1.165) is 12.0 Å². The van der Waals surface area contributed by atoms with Crippen LogP contribution >= 0.6 is 0 Å². The van der Waals surface area contributed by atoms with Gasteiger partial charge in [0.2, 0.25) is 5.91 Å². The van der Waals surface area contributed by atoms with E-state index < -0.39 is 6.10 Å². The van der Waals surface area contributed by atoms with E-state index in [1.54, 1.807) is 6.92 Å². The number of hydrogen-bond acceptors (Lipinski definition) is 3. The lowest BCUT2D eigenvalue weighted by molar-refractivity contribution is -0.146. The molecule has 1 aliphatic heterocycles. The van der Waals surface area contributed by atoms with Crippen molar-refractivity contribution in [1.29, 1.82) is 0 Å². The van der Waals surface area contributed by atoms with Gasteiger partial charge in [0.15, 0.2) is 6.10 Å². The highest BCUT2D eigenvalue weighted by Crippen LogP contribution is 2.16. The molecular weight excluding hydrogens is 230 g/mol. The number of benzene rings is 1. The van der Waals surface area contributed by atoms with Gasteiger partial charge >= 0.3 is 0 Å². The Hall–Kier alpha value is -1.84. The van der Waals surface area contributed by atoms with Crippen LogP contribution in [0, 0.1) is 6.92 Å². The van der Waals surface area contributed by atoms with Crippen LogP contribution in [-0.2, 0) is 9.59 Å². The van der Waals surface area contributed by atoms with Gasteiger partial charge in [-0.25, -0.2) is 0 Å². The fourth-order valence-corrected chi connectivity index (χ4v) is 1.97. The van der Waals surface area contributed by atoms with Gasteiger partial charge in [-0.15, -0.1) is 0 Å². The molecule has 0 bridgehead atoms. The summed E-state index contributed by atoms with van der Waals surface area (Å²) in [7, 11) is 0. The first-order valence-corrected chi connectivity index (χ1v) is 6.15.